The molecule has 0 bridgehead atoms. The number of hydrogen-bond donors (Lipinski definition) is 2. The van der Waals surface area contributed by atoms with Crippen LogP contribution in [0.1, 0.15) is 13.3 Å². The molecule has 0 saturated heterocycles. The number of nitrogens with two attached hydrogens (primary N) is 1. The van der Waals surface area contributed by atoms with Crippen LogP contribution in [0.2, 0.25) is 0 Å². The summed E-state index contributed by atoms with van der Waals surface area (Å²) < 4.78 is 0. The number of carbonyl (C=O) groups is 1. The fraction of sp³-hybridized carbons (Fsp3) is 0.800. The SMILES string of the molecule is CC[C@@H](CN)C(=O)O. The smallest absolute Gasteiger partial charge is 0.307 e. The zero-order chi connectivity index (χ0) is 6.57. The lowest BCUT2D eigenvalue weighted by molar-refractivity contribution is -0.141. The Morgan fingerprint density at radius 2 is 2.38 bits per heavy atom. The lowest BCUT2D eigenvalue weighted by Gasteiger charge is -2.02. The standard InChI is InChI=1S/C5H11NO2/c1-2-4(3-6)5(7)8/h4H,2-3,6H2,1H3,(H,7,8)/t4-/m0/s1. The molecule has 0 rings (SSSR count). The molecule has 0 radical (unpaired) electrons. The Morgan fingerprint density at radius 3 is 2.38 bits per heavy atom. The first kappa shape index (κ1) is 7.43. The molecular weight excluding hydrogens is 106 g/mol. The van der Waals surface area contributed by atoms with E-state index >= 15 is 0 Å². The van der Waals surface area contributed by atoms with Crippen molar-refractivity contribution >= 4 is 5.97 Å². The van der Waals surface area contributed by atoms with E-state index in [1.165, 1.54) is 0 Å². The maximum Gasteiger partial charge on any atom is 0.307 e. The zero-order valence-electron chi connectivity index (χ0n) is 4.92. The number of aliphatic carboxylic acids is 1. The van der Waals surface area contributed by atoms with E-state index in [0.29, 0.717) is 6.42 Å². The fourth-order valence-electron chi connectivity index (χ4n) is 0.442. The molecule has 1 atom stereocenters. The number of hydrogen-bond acceptors (Lipinski definition) is 2. The van der Waals surface area contributed by atoms with Crippen LogP contribution in [0.5, 0.6) is 0 Å². The van der Waals surface area contributed by atoms with Crippen LogP contribution in [0.3, 0.4) is 0 Å². The van der Waals surface area contributed by atoms with Gasteiger partial charge in [0.05, 0.1) is 5.92 Å². The van der Waals surface area contributed by atoms with E-state index in [0.717, 1.165) is 0 Å². The minimum absolute atomic E-state index is 0.242. The number of rotatable bonds is 3. The molecule has 0 heterocycles. The Bertz CT molecular complexity index is 78.5. The van der Waals surface area contributed by atoms with E-state index in [9.17, 15) is 4.79 Å². The highest BCUT2D eigenvalue weighted by atomic mass is 16.4. The third kappa shape index (κ3) is 1.93. The Morgan fingerprint density at radius 1 is 1.88 bits per heavy atom. The molecule has 0 aromatic heterocycles. The average molecular weight is 117 g/mol. The van der Waals surface area contributed by atoms with Gasteiger partial charge in [-0.25, -0.2) is 0 Å². The summed E-state index contributed by atoms with van der Waals surface area (Å²) in [7, 11) is 0. The van der Waals surface area contributed by atoms with E-state index in [2.05, 4.69) is 0 Å². The van der Waals surface area contributed by atoms with E-state index < -0.39 is 5.97 Å². The van der Waals surface area contributed by atoms with Crippen LogP contribution in [0, 0.1) is 5.92 Å². The van der Waals surface area contributed by atoms with Crippen molar-refractivity contribution in [3.63, 3.8) is 0 Å². The normalized spacial score (nSPS) is 13.2. The van der Waals surface area contributed by atoms with Gasteiger partial charge in [-0.2, -0.15) is 0 Å². The molecule has 0 unspecified atom stereocenters. The van der Waals surface area contributed by atoms with Gasteiger partial charge in [-0.1, -0.05) is 6.92 Å². The monoisotopic (exact) mass is 117 g/mol. The first-order chi connectivity index (χ1) is 3.72. The largest absolute Gasteiger partial charge is 0.481 e. The van der Waals surface area contributed by atoms with Crippen molar-refractivity contribution < 1.29 is 9.90 Å². The second-order valence-corrected chi connectivity index (χ2v) is 1.68. The van der Waals surface area contributed by atoms with Crippen LogP contribution in [-0.2, 0) is 4.79 Å². The van der Waals surface area contributed by atoms with Gasteiger partial charge in [-0.05, 0) is 6.42 Å². The molecule has 0 saturated carbocycles. The van der Waals surface area contributed by atoms with Gasteiger partial charge >= 0.3 is 5.97 Å². The zero-order valence-corrected chi connectivity index (χ0v) is 4.92. The number of carboxylic acid groups (broad SMARTS) is 1. The molecule has 48 valence electrons. The van der Waals surface area contributed by atoms with Crippen LogP contribution in [0.15, 0.2) is 0 Å². The van der Waals surface area contributed by atoms with Gasteiger partial charge in [0.2, 0.25) is 0 Å². The van der Waals surface area contributed by atoms with Gasteiger partial charge in [0, 0.05) is 6.54 Å². The summed E-state index contributed by atoms with van der Waals surface area (Å²) in [6.45, 7) is 2.05. The summed E-state index contributed by atoms with van der Waals surface area (Å²) >= 11 is 0. The summed E-state index contributed by atoms with van der Waals surface area (Å²) in [5.41, 5.74) is 5.10. The summed E-state index contributed by atoms with van der Waals surface area (Å²) in [6.07, 6.45) is 0.617. The van der Waals surface area contributed by atoms with Crippen LogP contribution < -0.4 is 5.73 Å². The topological polar surface area (TPSA) is 63.3 Å². The third-order valence-electron chi connectivity index (χ3n) is 1.13. The molecule has 0 spiro atoms. The maximum atomic E-state index is 10.1. The van der Waals surface area contributed by atoms with Crippen LogP contribution >= 0.6 is 0 Å². The van der Waals surface area contributed by atoms with Crippen LogP contribution in [0.4, 0.5) is 0 Å². The second kappa shape index (κ2) is 3.43. The van der Waals surface area contributed by atoms with Gasteiger partial charge in [0.1, 0.15) is 0 Å². The first-order valence-electron chi connectivity index (χ1n) is 2.65. The molecule has 0 aliphatic carbocycles. The Balaban J connectivity index is 3.52. The Labute approximate surface area is 48.5 Å². The van der Waals surface area contributed by atoms with Gasteiger partial charge in [-0.15, -0.1) is 0 Å². The molecule has 0 amide bonds. The van der Waals surface area contributed by atoms with Crippen molar-refractivity contribution in [3.8, 4) is 0 Å². The average Bonchev–Trinajstić information content (AvgIpc) is 1.69. The molecular formula is C5H11NO2. The second-order valence-electron chi connectivity index (χ2n) is 1.68. The minimum Gasteiger partial charge on any atom is -0.481 e. The van der Waals surface area contributed by atoms with Crippen molar-refractivity contribution in [3.05, 3.63) is 0 Å². The highest BCUT2D eigenvalue weighted by Crippen LogP contribution is 1.97. The van der Waals surface area contributed by atoms with E-state index in [4.69, 9.17) is 10.8 Å². The molecule has 0 aromatic rings. The number of carboxylic acids is 1. The van der Waals surface area contributed by atoms with E-state index in [-0.39, 0.29) is 12.5 Å². The molecule has 3 nitrogen and oxygen atoms in total. The Kier molecular flexibility index (Phi) is 3.19. The molecule has 0 fully saturated rings. The summed E-state index contributed by atoms with van der Waals surface area (Å²) in [5.74, 6) is -1.15. The predicted octanol–water partition coefficient (Wildman–Crippen LogP) is 0.0559. The molecule has 8 heavy (non-hydrogen) atoms. The van der Waals surface area contributed by atoms with Crippen molar-refractivity contribution in [2.24, 2.45) is 11.7 Å². The van der Waals surface area contributed by atoms with Crippen molar-refractivity contribution in [1.82, 2.24) is 0 Å². The lowest BCUT2D eigenvalue weighted by atomic mass is 10.1. The van der Waals surface area contributed by atoms with E-state index in [1.807, 2.05) is 6.92 Å². The van der Waals surface area contributed by atoms with Gasteiger partial charge in [-0.3, -0.25) is 4.79 Å². The minimum atomic E-state index is -0.796. The van der Waals surface area contributed by atoms with Gasteiger partial charge < -0.3 is 10.8 Å². The van der Waals surface area contributed by atoms with Crippen molar-refractivity contribution in [2.75, 3.05) is 6.54 Å². The molecule has 3 heteroatoms. The van der Waals surface area contributed by atoms with E-state index in [1.54, 1.807) is 0 Å². The fourth-order valence-corrected chi connectivity index (χ4v) is 0.442. The van der Waals surface area contributed by atoms with Crippen LogP contribution in [-0.4, -0.2) is 17.6 Å². The lowest BCUT2D eigenvalue weighted by Crippen LogP contribution is -2.21. The first-order valence-corrected chi connectivity index (χ1v) is 2.65. The highest BCUT2D eigenvalue weighted by molar-refractivity contribution is 5.70. The summed E-state index contributed by atoms with van der Waals surface area (Å²) in [4.78, 5) is 10.1. The summed E-state index contributed by atoms with van der Waals surface area (Å²) in [5, 5.41) is 8.29. The molecule has 3 N–H and O–H groups in total. The highest BCUT2D eigenvalue weighted by Gasteiger charge is 2.10. The molecule has 0 aliphatic rings. The molecule has 0 aliphatic heterocycles. The summed E-state index contributed by atoms with van der Waals surface area (Å²) in [6, 6.07) is 0. The Hall–Kier alpha value is -0.570. The maximum absolute atomic E-state index is 10.1. The predicted molar refractivity (Wildman–Crippen MR) is 30.5 cm³/mol. The van der Waals surface area contributed by atoms with Crippen molar-refractivity contribution in [1.29, 1.82) is 0 Å². The molecule has 0 aromatic carbocycles. The van der Waals surface area contributed by atoms with Gasteiger partial charge in [0.15, 0.2) is 0 Å². The van der Waals surface area contributed by atoms with Gasteiger partial charge in [0.25, 0.3) is 0 Å². The van der Waals surface area contributed by atoms with Crippen molar-refractivity contribution in [2.45, 2.75) is 13.3 Å². The third-order valence-corrected chi connectivity index (χ3v) is 1.13. The quantitative estimate of drug-likeness (QED) is 0.549. The van der Waals surface area contributed by atoms with Crippen LogP contribution in [0.25, 0.3) is 0 Å².